The highest BCUT2D eigenvalue weighted by Gasteiger charge is 2.17. The number of aryl methyl sites for hydroxylation is 1. The van der Waals surface area contributed by atoms with Gasteiger partial charge in [-0.2, -0.15) is 0 Å². The van der Waals surface area contributed by atoms with Crippen molar-refractivity contribution in [2.24, 2.45) is 0 Å². The molecule has 1 aromatic heterocycles. The summed E-state index contributed by atoms with van der Waals surface area (Å²) in [6.45, 7) is 2.33. The number of benzene rings is 2. The van der Waals surface area contributed by atoms with Gasteiger partial charge < -0.3 is 14.8 Å². The standard InChI is InChI=1S/C22H19F2NO4S/c1-13-6-7-14(22(27)29-11-10-28-2)12-15(13)18-8-9-19(30-18)21(26)25-20-16(23)4-3-5-17(20)24/h3-9,12H,10-11H2,1-2H3,(H,25,26). The van der Waals surface area contributed by atoms with Crippen LogP contribution in [0.2, 0.25) is 0 Å². The van der Waals surface area contributed by atoms with Gasteiger partial charge in [0.15, 0.2) is 0 Å². The number of carbonyl (C=O) groups excluding carboxylic acids is 2. The highest BCUT2D eigenvalue weighted by molar-refractivity contribution is 7.17. The van der Waals surface area contributed by atoms with Crippen LogP contribution in [0.15, 0.2) is 48.5 Å². The normalized spacial score (nSPS) is 10.7. The quantitative estimate of drug-likeness (QED) is 0.420. The molecule has 0 saturated heterocycles. The van der Waals surface area contributed by atoms with Gasteiger partial charge in [-0.05, 0) is 54.4 Å². The van der Waals surface area contributed by atoms with E-state index in [0.717, 1.165) is 39.5 Å². The number of ether oxygens (including phenoxy) is 2. The number of amides is 1. The summed E-state index contributed by atoms with van der Waals surface area (Å²) in [7, 11) is 1.52. The molecule has 0 radical (unpaired) electrons. The Morgan fingerprint density at radius 3 is 2.47 bits per heavy atom. The lowest BCUT2D eigenvalue weighted by atomic mass is 10.0. The van der Waals surface area contributed by atoms with E-state index in [0.29, 0.717) is 12.2 Å². The van der Waals surface area contributed by atoms with Gasteiger partial charge >= 0.3 is 5.97 Å². The zero-order chi connectivity index (χ0) is 21.7. The third kappa shape index (κ3) is 4.90. The van der Waals surface area contributed by atoms with Crippen LogP contribution < -0.4 is 5.32 Å². The molecule has 0 spiro atoms. The van der Waals surface area contributed by atoms with Gasteiger partial charge in [-0.3, -0.25) is 4.79 Å². The Balaban J connectivity index is 1.81. The molecule has 0 saturated carbocycles. The van der Waals surface area contributed by atoms with Crippen LogP contribution >= 0.6 is 11.3 Å². The van der Waals surface area contributed by atoms with Gasteiger partial charge in [0, 0.05) is 12.0 Å². The summed E-state index contributed by atoms with van der Waals surface area (Å²) in [5.74, 6) is -2.80. The average molecular weight is 431 g/mol. The maximum Gasteiger partial charge on any atom is 0.338 e. The van der Waals surface area contributed by atoms with Gasteiger partial charge in [0.1, 0.15) is 23.9 Å². The van der Waals surface area contributed by atoms with Gasteiger partial charge in [-0.1, -0.05) is 12.1 Å². The molecule has 0 aliphatic rings. The van der Waals surface area contributed by atoms with Crippen molar-refractivity contribution < 1.29 is 27.8 Å². The summed E-state index contributed by atoms with van der Waals surface area (Å²) >= 11 is 1.15. The van der Waals surface area contributed by atoms with Crippen molar-refractivity contribution in [2.75, 3.05) is 25.6 Å². The zero-order valence-electron chi connectivity index (χ0n) is 16.3. The Bertz CT molecular complexity index is 1060. The fourth-order valence-corrected chi connectivity index (χ4v) is 3.70. The second kappa shape index (κ2) is 9.60. The maximum atomic E-state index is 13.8. The van der Waals surface area contributed by atoms with Crippen molar-refractivity contribution in [1.82, 2.24) is 0 Å². The van der Waals surface area contributed by atoms with E-state index in [1.54, 1.807) is 30.3 Å². The Morgan fingerprint density at radius 2 is 1.77 bits per heavy atom. The van der Waals surface area contributed by atoms with Crippen LogP contribution in [0.25, 0.3) is 10.4 Å². The molecule has 30 heavy (non-hydrogen) atoms. The number of halogens is 2. The first kappa shape index (κ1) is 21.6. The minimum atomic E-state index is -0.851. The third-order valence-electron chi connectivity index (χ3n) is 4.29. The molecule has 0 aliphatic carbocycles. The van der Waals surface area contributed by atoms with Crippen LogP contribution in [0.1, 0.15) is 25.6 Å². The Kier molecular flexibility index (Phi) is 6.91. The van der Waals surface area contributed by atoms with E-state index >= 15 is 0 Å². The van der Waals surface area contributed by atoms with Crippen LogP contribution in [0.3, 0.4) is 0 Å². The van der Waals surface area contributed by atoms with E-state index < -0.39 is 29.2 Å². The number of carbonyl (C=O) groups is 2. The predicted octanol–water partition coefficient (Wildman–Crippen LogP) is 5.06. The first-order valence-corrected chi connectivity index (χ1v) is 9.84. The van der Waals surface area contributed by atoms with E-state index in [2.05, 4.69) is 5.32 Å². The van der Waals surface area contributed by atoms with Crippen molar-refractivity contribution in [2.45, 2.75) is 6.92 Å². The summed E-state index contributed by atoms with van der Waals surface area (Å²) in [5.41, 5.74) is 1.55. The minimum absolute atomic E-state index is 0.147. The van der Waals surface area contributed by atoms with E-state index in [1.165, 1.54) is 13.2 Å². The maximum absolute atomic E-state index is 13.8. The first-order valence-electron chi connectivity index (χ1n) is 9.03. The summed E-state index contributed by atoms with van der Waals surface area (Å²) in [4.78, 5) is 25.6. The number of nitrogens with one attached hydrogen (secondary N) is 1. The van der Waals surface area contributed by atoms with Gasteiger partial charge in [-0.15, -0.1) is 11.3 Å². The predicted molar refractivity (Wildman–Crippen MR) is 111 cm³/mol. The molecule has 1 amide bonds. The molecule has 3 aromatic rings. The number of anilines is 1. The molecular weight excluding hydrogens is 412 g/mol. The molecule has 2 aromatic carbocycles. The molecule has 0 unspecified atom stereocenters. The highest BCUT2D eigenvalue weighted by atomic mass is 32.1. The molecule has 0 aliphatic heterocycles. The fraction of sp³-hybridized carbons (Fsp3) is 0.182. The second-order valence-electron chi connectivity index (χ2n) is 6.37. The van der Waals surface area contributed by atoms with E-state index in [4.69, 9.17) is 9.47 Å². The number of thiophene rings is 1. The van der Waals surface area contributed by atoms with E-state index in [1.807, 2.05) is 6.92 Å². The lowest BCUT2D eigenvalue weighted by Gasteiger charge is -2.08. The lowest BCUT2D eigenvalue weighted by Crippen LogP contribution is -2.12. The summed E-state index contributed by atoms with van der Waals surface area (Å²) in [6, 6.07) is 11.8. The molecule has 0 fully saturated rings. The van der Waals surface area contributed by atoms with E-state index in [-0.39, 0.29) is 11.5 Å². The number of esters is 1. The van der Waals surface area contributed by atoms with Gasteiger partial charge in [0.05, 0.1) is 17.0 Å². The molecule has 0 bridgehead atoms. The third-order valence-corrected chi connectivity index (χ3v) is 5.41. The molecule has 8 heteroatoms. The first-order chi connectivity index (χ1) is 14.4. The molecule has 5 nitrogen and oxygen atoms in total. The summed E-state index contributed by atoms with van der Waals surface area (Å²) < 4.78 is 37.6. The smallest absolute Gasteiger partial charge is 0.338 e. The monoisotopic (exact) mass is 431 g/mol. The van der Waals surface area contributed by atoms with Crippen LogP contribution in [0.5, 0.6) is 0 Å². The van der Waals surface area contributed by atoms with Gasteiger partial charge in [0.25, 0.3) is 5.91 Å². The Hall–Kier alpha value is -3.10. The fourth-order valence-electron chi connectivity index (χ4n) is 2.71. The number of rotatable bonds is 7. The molecular formula is C22H19F2NO4S. The Labute approximate surface area is 176 Å². The molecule has 0 atom stereocenters. The lowest BCUT2D eigenvalue weighted by molar-refractivity contribution is 0.0388. The van der Waals surface area contributed by atoms with Crippen molar-refractivity contribution in [3.8, 4) is 10.4 Å². The average Bonchev–Trinajstić information content (AvgIpc) is 3.21. The number of para-hydroxylation sites is 1. The SMILES string of the molecule is COCCOC(=O)c1ccc(C)c(-c2ccc(C(=O)Nc3c(F)cccc3F)s2)c1. The van der Waals surface area contributed by atoms with Crippen molar-refractivity contribution in [3.05, 3.63) is 76.2 Å². The number of hydrogen-bond donors (Lipinski definition) is 1. The summed E-state index contributed by atoms with van der Waals surface area (Å²) in [5, 5.41) is 2.27. The number of methoxy groups -OCH3 is 1. The van der Waals surface area contributed by atoms with Crippen molar-refractivity contribution in [1.29, 1.82) is 0 Å². The van der Waals surface area contributed by atoms with Gasteiger partial charge in [0.2, 0.25) is 0 Å². The van der Waals surface area contributed by atoms with E-state index in [9.17, 15) is 18.4 Å². The van der Waals surface area contributed by atoms with Crippen molar-refractivity contribution in [3.63, 3.8) is 0 Å². The highest BCUT2D eigenvalue weighted by Crippen LogP contribution is 2.32. The Morgan fingerprint density at radius 1 is 1.03 bits per heavy atom. The van der Waals surface area contributed by atoms with Crippen LogP contribution in [-0.4, -0.2) is 32.2 Å². The number of hydrogen-bond acceptors (Lipinski definition) is 5. The van der Waals surface area contributed by atoms with Crippen LogP contribution in [0, 0.1) is 18.6 Å². The minimum Gasteiger partial charge on any atom is -0.460 e. The molecule has 3 rings (SSSR count). The van der Waals surface area contributed by atoms with Crippen LogP contribution in [-0.2, 0) is 9.47 Å². The van der Waals surface area contributed by atoms with Gasteiger partial charge in [-0.25, -0.2) is 13.6 Å². The van der Waals surface area contributed by atoms with Crippen LogP contribution in [0.4, 0.5) is 14.5 Å². The zero-order valence-corrected chi connectivity index (χ0v) is 17.1. The summed E-state index contributed by atoms with van der Waals surface area (Å²) in [6.07, 6.45) is 0. The largest absolute Gasteiger partial charge is 0.460 e. The molecule has 1 N–H and O–H groups in total. The molecule has 1 heterocycles. The second-order valence-corrected chi connectivity index (χ2v) is 7.46. The molecule has 156 valence electrons. The topological polar surface area (TPSA) is 64.6 Å². The van der Waals surface area contributed by atoms with Crippen molar-refractivity contribution >= 4 is 28.9 Å².